The SMILES string of the molecule is O=C(CCc1ccc(S(=O)(=O)N2CCOCC2)cc1)N[C@@H]1CCN(Cc2ccccc2)C1. The van der Waals surface area contributed by atoms with Crippen LogP contribution >= 0.6 is 0 Å². The molecule has 2 aromatic carbocycles. The Bertz CT molecular complexity index is 990. The van der Waals surface area contributed by atoms with E-state index in [0.717, 1.165) is 31.6 Å². The van der Waals surface area contributed by atoms with E-state index in [-0.39, 0.29) is 16.8 Å². The number of carbonyl (C=O) groups is 1. The van der Waals surface area contributed by atoms with Crippen LogP contribution in [0.1, 0.15) is 24.0 Å². The molecule has 2 aromatic rings. The number of hydrogen-bond acceptors (Lipinski definition) is 5. The lowest BCUT2D eigenvalue weighted by molar-refractivity contribution is -0.121. The summed E-state index contributed by atoms with van der Waals surface area (Å²) in [6.07, 6.45) is 1.95. The molecule has 8 heteroatoms. The maximum Gasteiger partial charge on any atom is 0.243 e. The Kier molecular flexibility index (Phi) is 7.57. The lowest BCUT2D eigenvalue weighted by Crippen LogP contribution is -2.40. The second kappa shape index (κ2) is 10.6. The predicted octanol–water partition coefficient (Wildman–Crippen LogP) is 2.03. The van der Waals surface area contributed by atoms with Gasteiger partial charge in [0.25, 0.3) is 0 Å². The lowest BCUT2D eigenvalue weighted by Gasteiger charge is -2.26. The molecule has 2 saturated heterocycles. The van der Waals surface area contributed by atoms with E-state index in [4.69, 9.17) is 4.74 Å². The highest BCUT2D eigenvalue weighted by Crippen LogP contribution is 2.18. The summed E-state index contributed by atoms with van der Waals surface area (Å²) >= 11 is 0. The van der Waals surface area contributed by atoms with Gasteiger partial charge in [0.15, 0.2) is 0 Å². The van der Waals surface area contributed by atoms with Gasteiger partial charge in [0.2, 0.25) is 15.9 Å². The Hall–Kier alpha value is -2.26. The maximum atomic E-state index is 12.7. The van der Waals surface area contributed by atoms with Crippen molar-refractivity contribution in [3.8, 4) is 0 Å². The van der Waals surface area contributed by atoms with Crippen LogP contribution in [0.15, 0.2) is 59.5 Å². The van der Waals surface area contributed by atoms with Crippen molar-refractivity contribution in [2.24, 2.45) is 0 Å². The summed E-state index contributed by atoms with van der Waals surface area (Å²) < 4.78 is 32.1. The van der Waals surface area contributed by atoms with Crippen LogP contribution in [0.5, 0.6) is 0 Å². The number of sulfonamides is 1. The van der Waals surface area contributed by atoms with Crippen LogP contribution in [0.2, 0.25) is 0 Å². The Labute approximate surface area is 190 Å². The number of nitrogens with one attached hydrogen (secondary N) is 1. The van der Waals surface area contributed by atoms with Crippen LogP contribution in [-0.2, 0) is 32.5 Å². The van der Waals surface area contributed by atoms with Gasteiger partial charge in [-0.15, -0.1) is 0 Å². The minimum atomic E-state index is -3.48. The Morgan fingerprint density at radius 2 is 1.69 bits per heavy atom. The van der Waals surface area contributed by atoms with Crippen molar-refractivity contribution < 1.29 is 17.9 Å². The molecule has 1 amide bonds. The molecule has 7 nitrogen and oxygen atoms in total. The van der Waals surface area contributed by atoms with E-state index >= 15 is 0 Å². The highest BCUT2D eigenvalue weighted by molar-refractivity contribution is 7.89. The number of ether oxygens (including phenoxy) is 1. The normalized spacial score (nSPS) is 20.3. The zero-order chi connectivity index (χ0) is 22.4. The van der Waals surface area contributed by atoms with Gasteiger partial charge in [0.05, 0.1) is 18.1 Å². The molecule has 0 radical (unpaired) electrons. The second-order valence-corrected chi connectivity index (χ2v) is 10.4. The first-order valence-electron chi connectivity index (χ1n) is 11.2. The molecule has 1 atom stereocenters. The van der Waals surface area contributed by atoms with Crippen molar-refractivity contribution >= 4 is 15.9 Å². The fourth-order valence-corrected chi connectivity index (χ4v) is 5.67. The van der Waals surface area contributed by atoms with Crippen molar-refractivity contribution in [1.29, 1.82) is 0 Å². The summed E-state index contributed by atoms with van der Waals surface area (Å²) in [6, 6.07) is 17.4. The number of amides is 1. The van der Waals surface area contributed by atoms with Gasteiger partial charge >= 0.3 is 0 Å². The average Bonchev–Trinajstić information content (AvgIpc) is 3.25. The molecular weight excluding hydrogens is 426 g/mol. The van der Waals surface area contributed by atoms with E-state index in [1.54, 1.807) is 24.3 Å². The largest absolute Gasteiger partial charge is 0.379 e. The molecule has 2 fully saturated rings. The molecule has 172 valence electrons. The second-order valence-electron chi connectivity index (χ2n) is 8.43. The first kappa shape index (κ1) is 22.9. The molecular formula is C24H31N3O4S. The van der Waals surface area contributed by atoms with Crippen molar-refractivity contribution in [3.63, 3.8) is 0 Å². The molecule has 0 aromatic heterocycles. The van der Waals surface area contributed by atoms with E-state index in [1.807, 2.05) is 6.07 Å². The first-order chi connectivity index (χ1) is 15.5. The molecule has 0 saturated carbocycles. The third kappa shape index (κ3) is 5.95. The van der Waals surface area contributed by atoms with Gasteiger partial charge in [-0.25, -0.2) is 8.42 Å². The van der Waals surface area contributed by atoms with Gasteiger partial charge in [0, 0.05) is 45.2 Å². The maximum absolute atomic E-state index is 12.7. The van der Waals surface area contributed by atoms with Crippen LogP contribution in [-0.4, -0.2) is 69.0 Å². The van der Waals surface area contributed by atoms with Crippen molar-refractivity contribution in [2.45, 2.75) is 36.7 Å². The first-order valence-corrected chi connectivity index (χ1v) is 12.7. The Morgan fingerprint density at radius 1 is 0.969 bits per heavy atom. The minimum absolute atomic E-state index is 0.0431. The Balaban J connectivity index is 1.22. The molecule has 0 unspecified atom stereocenters. The van der Waals surface area contributed by atoms with Gasteiger partial charge in [0.1, 0.15) is 0 Å². The lowest BCUT2D eigenvalue weighted by atomic mass is 10.1. The Morgan fingerprint density at radius 3 is 2.41 bits per heavy atom. The quantitative estimate of drug-likeness (QED) is 0.656. The van der Waals surface area contributed by atoms with Gasteiger partial charge in [-0.1, -0.05) is 42.5 Å². The number of aryl methyl sites for hydroxylation is 1. The van der Waals surface area contributed by atoms with E-state index in [1.165, 1.54) is 9.87 Å². The summed E-state index contributed by atoms with van der Waals surface area (Å²) in [6.45, 7) is 4.39. The molecule has 2 aliphatic rings. The summed E-state index contributed by atoms with van der Waals surface area (Å²) in [4.78, 5) is 15.1. The van der Waals surface area contributed by atoms with Gasteiger partial charge in [-0.3, -0.25) is 9.69 Å². The highest BCUT2D eigenvalue weighted by atomic mass is 32.2. The van der Waals surface area contributed by atoms with E-state index < -0.39 is 10.0 Å². The van der Waals surface area contributed by atoms with E-state index in [2.05, 4.69) is 34.5 Å². The summed E-state index contributed by atoms with van der Waals surface area (Å²) in [7, 11) is -3.48. The molecule has 0 spiro atoms. The molecule has 2 aliphatic heterocycles. The topological polar surface area (TPSA) is 79.0 Å². The monoisotopic (exact) mass is 457 g/mol. The minimum Gasteiger partial charge on any atom is -0.379 e. The fraction of sp³-hybridized carbons (Fsp3) is 0.458. The molecule has 1 N–H and O–H groups in total. The van der Waals surface area contributed by atoms with Crippen LogP contribution in [0.25, 0.3) is 0 Å². The van der Waals surface area contributed by atoms with E-state index in [9.17, 15) is 13.2 Å². The molecule has 32 heavy (non-hydrogen) atoms. The number of rotatable bonds is 8. The van der Waals surface area contributed by atoms with E-state index in [0.29, 0.717) is 39.1 Å². The van der Waals surface area contributed by atoms with Gasteiger partial charge in [-0.2, -0.15) is 4.31 Å². The smallest absolute Gasteiger partial charge is 0.243 e. The van der Waals surface area contributed by atoms with Crippen LogP contribution in [0, 0.1) is 0 Å². The number of likely N-dealkylation sites (tertiary alicyclic amines) is 1. The van der Waals surface area contributed by atoms with Gasteiger partial charge in [-0.05, 0) is 36.1 Å². The highest BCUT2D eigenvalue weighted by Gasteiger charge is 2.26. The average molecular weight is 458 g/mol. The number of benzene rings is 2. The van der Waals surface area contributed by atoms with Crippen LogP contribution in [0.3, 0.4) is 0 Å². The zero-order valence-electron chi connectivity index (χ0n) is 18.3. The van der Waals surface area contributed by atoms with Crippen molar-refractivity contribution in [2.75, 3.05) is 39.4 Å². The fourth-order valence-electron chi connectivity index (χ4n) is 4.26. The molecule has 0 aliphatic carbocycles. The predicted molar refractivity (Wildman–Crippen MR) is 123 cm³/mol. The number of nitrogens with zero attached hydrogens (tertiary/aromatic N) is 2. The standard InChI is InChI=1S/C24H31N3O4S/c28-24(25-22-12-13-26(19-22)18-21-4-2-1-3-5-21)11-8-20-6-9-23(10-7-20)32(29,30)27-14-16-31-17-15-27/h1-7,9-10,22H,8,11-19H2,(H,25,28)/t22-/m1/s1. The zero-order valence-corrected chi connectivity index (χ0v) is 19.1. The third-order valence-corrected chi connectivity index (χ3v) is 7.97. The van der Waals surface area contributed by atoms with Crippen molar-refractivity contribution in [1.82, 2.24) is 14.5 Å². The molecule has 4 rings (SSSR count). The van der Waals surface area contributed by atoms with Crippen LogP contribution in [0.4, 0.5) is 0 Å². The summed E-state index contributed by atoms with van der Waals surface area (Å²) in [5, 5.41) is 3.15. The van der Waals surface area contributed by atoms with Crippen LogP contribution < -0.4 is 5.32 Å². The van der Waals surface area contributed by atoms with Gasteiger partial charge < -0.3 is 10.1 Å². The summed E-state index contributed by atoms with van der Waals surface area (Å²) in [5.74, 6) is 0.0431. The third-order valence-electron chi connectivity index (χ3n) is 6.06. The molecule has 0 bridgehead atoms. The molecule has 2 heterocycles. The number of morpholine rings is 1. The summed E-state index contributed by atoms with van der Waals surface area (Å²) in [5.41, 5.74) is 2.25. The van der Waals surface area contributed by atoms with Crippen molar-refractivity contribution in [3.05, 3.63) is 65.7 Å². The number of hydrogen-bond donors (Lipinski definition) is 1. The number of carbonyl (C=O) groups excluding carboxylic acids is 1.